The second-order valence-corrected chi connectivity index (χ2v) is 2.49. The Morgan fingerprint density at radius 1 is 1.27 bits per heavy atom. The third-order valence-corrected chi connectivity index (χ3v) is 1.51. The fourth-order valence-electron chi connectivity index (χ4n) is 0.708. The maximum atomic E-state index is 5.67. The molecule has 0 aliphatic heterocycles. The van der Waals surface area contributed by atoms with Crippen LogP contribution in [0.15, 0.2) is 24.3 Å². The summed E-state index contributed by atoms with van der Waals surface area (Å²) in [6.07, 6.45) is 0. The zero-order valence-electron chi connectivity index (χ0n) is 6.21. The van der Waals surface area contributed by atoms with Crippen molar-refractivity contribution in [1.29, 1.82) is 0 Å². The van der Waals surface area contributed by atoms with Crippen LogP contribution in [-0.4, -0.2) is 7.11 Å². The summed E-state index contributed by atoms with van der Waals surface area (Å²) < 4.78 is 0. The highest BCUT2D eigenvalue weighted by Gasteiger charge is 1.91. The van der Waals surface area contributed by atoms with E-state index in [9.17, 15) is 0 Å². The lowest BCUT2D eigenvalue weighted by Crippen LogP contribution is -1.89. The van der Waals surface area contributed by atoms with Gasteiger partial charge in [0.1, 0.15) is 6.61 Å². The van der Waals surface area contributed by atoms with E-state index in [-0.39, 0.29) is 0 Å². The first-order valence-corrected chi connectivity index (χ1v) is 3.61. The van der Waals surface area contributed by atoms with Crippen LogP contribution in [0.4, 0.5) is 0 Å². The quantitative estimate of drug-likeness (QED) is 0.515. The number of halogens is 1. The molecule has 1 aromatic carbocycles. The van der Waals surface area contributed by atoms with Crippen LogP contribution in [0.2, 0.25) is 5.02 Å². The van der Waals surface area contributed by atoms with Crippen molar-refractivity contribution in [3.8, 4) is 0 Å². The van der Waals surface area contributed by atoms with Crippen LogP contribution in [0.25, 0.3) is 0 Å². The molecule has 0 radical (unpaired) electrons. The van der Waals surface area contributed by atoms with Gasteiger partial charge in [-0.1, -0.05) is 23.7 Å². The van der Waals surface area contributed by atoms with Gasteiger partial charge in [-0.05, 0) is 17.7 Å². The Morgan fingerprint density at radius 3 is 2.45 bits per heavy atom. The van der Waals surface area contributed by atoms with Gasteiger partial charge in [0.25, 0.3) is 0 Å². The molecular formula is C8H9ClO2. The molecule has 0 unspecified atom stereocenters. The summed E-state index contributed by atoms with van der Waals surface area (Å²) in [6, 6.07) is 7.41. The van der Waals surface area contributed by atoms with Crippen LogP contribution < -0.4 is 0 Å². The number of hydrogen-bond donors (Lipinski definition) is 0. The van der Waals surface area contributed by atoms with Gasteiger partial charge >= 0.3 is 0 Å². The van der Waals surface area contributed by atoms with Gasteiger partial charge in [0, 0.05) is 5.02 Å². The Hall–Kier alpha value is -0.570. The van der Waals surface area contributed by atoms with Gasteiger partial charge in [0.05, 0.1) is 7.11 Å². The molecule has 0 aromatic heterocycles. The summed E-state index contributed by atoms with van der Waals surface area (Å²) in [6.45, 7) is 0.452. The highest BCUT2D eigenvalue weighted by molar-refractivity contribution is 6.30. The molecule has 3 heteroatoms. The van der Waals surface area contributed by atoms with Crippen molar-refractivity contribution in [2.24, 2.45) is 0 Å². The predicted octanol–water partition coefficient (Wildman–Crippen LogP) is 2.42. The standard InChI is InChI=1S/C8H9ClO2/c1-10-11-6-7-2-4-8(9)5-3-7/h2-5H,6H2,1H3. The molecule has 0 spiro atoms. The average Bonchev–Trinajstić information content (AvgIpc) is 2.04. The fraction of sp³-hybridized carbons (Fsp3) is 0.250. The molecule has 0 aliphatic rings. The van der Waals surface area contributed by atoms with Crippen molar-refractivity contribution in [1.82, 2.24) is 0 Å². The van der Waals surface area contributed by atoms with E-state index in [1.54, 1.807) is 0 Å². The van der Waals surface area contributed by atoms with Crippen LogP contribution >= 0.6 is 11.6 Å². The molecule has 2 nitrogen and oxygen atoms in total. The molecule has 0 bridgehead atoms. The first-order valence-electron chi connectivity index (χ1n) is 3.23. The fourth-order valence-corrected chi connectivity index (χ4v) is 0.834. The van der Waals surface area contributed by atoms with Crippen LogP contribution in [0, 0.1) is 0 Å². The summed E-state index contributed by atoms with van der Waals surface area (Å²) in [5, 5.41) is 0.728. The Kier molecular flexibility index (Phi) is 3.36. The van der Waals surface area contributed by atoms with E-state index < -0.39 is 0 Å². The van der Waals surface area contributed by atoms with Crippen molar-refractivity contribution >= 4 is 11.6 Å². The third-order valence-electron chi connectivity index (χ3n) is 1.26. The Morgan fingerprint density at radius 2 is 1.91 bits per heavy atom. The molecule has 60 valence electrons. The smallest absolute Gasteiger partial charge is 0.107 e. The van der Waals surface area contributed by atoms with Gasteiger partial charge in [-0.15, -0.1) is 0 Å². The summed E-state index contributed by atoms with van der Waals surface area (Å²) >= 11 is 5.67. The first kappa shape index (κ1) is 8.53. The van der Waals surface area contributed by atoms with E-state index in [1.807, 2.05) is 24.3 Å². The Bertz CT molecular complexity index is 208. The van der Waals surface area contributed by atoms with Crippen molar-refractivity contribution in [3.05, 3.63) is 34.9 Å². The third kappa shape index (κ3) is 2.89. The van der Waals surface area contributed by atoms with Crippen molar-refractivity contribution < 1.29 is 9.78 Å². The van der Waals surface area contributed by atoms with Crippen LogP contribution in [0.1, 0.15) is 5.56 Å². The van der Waals surface area contributed by atoms with Crippen LogP contribution in [-0.2, 0) is 16.4 Å². The Balaban J connectivity index is 2.52. The van der Waals surface area contributed by atoms with Gasteiger partial charge in [-0.2, -0.15) is 0 Å². The maximum Gasteiger partial charge on any atom is 0.107 e. The van der Waals surface area contributed by atoms with Gasteiger partial charge in [-0.3, -0.25) is 0 Å². The summed E-state index contributed by atoms with van der Waals surface area (Å²) in [4.78, 5) is 9.16. The largest absolute Gasteiger partial charge is 0.240 e. The van der Waals surface area contributed by atoms with Crippen LogP contribution in [0.3, 0.4) is 0 Å². The van der Waals surface area contributed by atoms with Crippen molar-refractivity contribution in [3.63, 3.8) is 0 Å². The van der Waals surface area contributed by atoms with E-state index >= 15 is 0 Å². The van der Waals surface area contributed by atoms with Crippen molar-refractivity contribution in [2.75, 3.05) is 7.11 Å². The normalized spacial score (nSPS) is 10.0. The second-order valence-electron chi connectivity index (χ2n) is 2.06. The molecule has 0 amide bonds. The van der Waals surface area contributed by atoms with E-state index in [2.05, 4.69) is 4.89 Å². The van der Waals surface area contributed by atoms with Gasteiger partial charge in [0.15, 0.2) is 0 Å². The van der Waals surface area contributed by atoms with E-state index in [0.717, 1.165) is 10.6 Å². The molecule has 0 fully saturated rings. The summed E-state index contributed by atoms with van der Waals surface area (Å²) in [5.41, 5.74) is 1.04. The molecule has 0 saturated heterocycles. The topological polar surface area (TPSA) is 18.5 Å². The van der Waals surface area contributed by atoms with Gasteiger partial charge in [0.2, 0.25) is 0 Å². The molecule has 11 heavy (non-hydrogen) atoms. The predicted molar refractivity (Wildman–Crippen MR) is 43.3 cm³/mol. The zero-order chi connectivity index (χ0) is 8.10. The lowest BCUT2D eigenvalue weighted by atomic mass is 10.2. The minimum absolute atomic E-state index is 0.452. The molecule has 0 heterocycles. The lowest BCUT2D eigenvalue weighted by Gasteiger charge is -1.99. The molecular weight excluding hydrogens is 164 g/mol. The second kappa shape index (κ2) is 4.34. The molecule has 1 rings (SSSR count). The molecule has 0 aliphatic carbocycles. The van der Waals surface area contributed by atoms with E-state index in [1.165, 1.54) is 7.11 Å². The highest BCUT2D eigenvalue weighted by atomic mass is 35.5. The molecule has 0 saturated carbocycles. The summed E-state index contributed by atoms with van der Waals surface area (Å²) in [5.74, 6) is 0. The monoisotopic (exact) mass is 172 g/mol. The number of benzene rings is 1. The lowest BCUT2D eigenvalue weighted by molar-refractivity contribution is -0.282. The van der Waals surface area contributed by atoms with Crippen LogP contribution in [0.5, 0.6) is 0 Å². The molecule has 0 atom stereocenters. The van der Waals surface area contributed by atoms with E-state index in [4.69, 9.17) is 16.5 Å². The minimum atomic E-state index is 0.452. The first-order chi connectivity index (χ1) is 5.33. The highest BCUT2D eigenvalue weighted by Crippen LogP contribution is 2.09. The van der Waals surface area contributed by atoms with Crippen molar-refractivity contribution in [2.45, 2.75) is 6.61 Å². The van der Waals surface area contributed by atoms with E-state index in [0.29, 0.717) is 6.61 Å². The number of rotatable bonds is 3. The SMILES string of the molecule is COOCc1ccc(Cl)cc1. The summed E-state index contributed by atoms with van der Waals surface area (Å²) in [7, 11) is 1.48. The minimum Gasteiger partial charge on any atom is -0.240 e. The molecule has 1 aromatic rings. The average molecular weight is 173 g/mol. The van der Waals surface area contributed by atoms with Gasteiger partial charge < -0.3 is 0 Å². The van der Waals surface area contributed by atoms with Gasteiger partial charge in [-0.25, -0.2) is 9.78 Å². The molecule has 0 N–H and O–H groups in total. The number of hydrogen-bond acceptors (Lipinski definition) is 2. The zero-order valence-corrected chi connectivity index (χ0v) is 6.97. The Labute approximate surface area is 70.6 Å². The maximum absolute atomic E-state index is 5.67.